The van der Waals surface area contributed by atoms with Gasteiger partial charge in [0, 0.05) is 26.9 Å². The second kappa shape index (κ2) is 7.39. The molecule has 30 heavy (non-hydrogen) atoms. The number of aryl methyl sites for hydroxylation is 3. The van der Waals surface area contributed by atoms with Crippen LogP contribution in [0.1, 0.15) is 47.9 Å². The molecule has 0 unspecified atom stereocenters. The van der Waals surface area contributed by atoms with E-state index in [2.05, 4.69) is 17.4 Å². The smallest absolute Gasteiger partial charge is 0.411 e. The van der Waals surface area contributed by atoms with Crippen LogP contribution in [0.5, 0.6) is 0 Å². The molecule has 3 aliphatic rings. The Morgan fingerprint density at radius 3 is 2.13 bits per heavy atom. The Kier molecular flexibility index (Phi) is 5.14. The molecule has 1 saturated carbocycles. The number of rotatable bonds is 2. The molecule has 0 atom stereocenters. The molecule has 1 N–H and O–H groups in total. The molecule has 7 nitrogen and oxygen atoms in total. The summed E-state index contributed by atoms with van der Waals surface area (Å²) in [5.41, 5.74) is 3.67. The summed E-state index contributed by atoms with van der Waals surface area (Å²) in [5.74, 6) is -0.352. The molecule has 2 heterocycles. The first-order valence-electron chi connectivity index (χ1n) is 10.5. The van der Waals surface area contributed by atoms with Crippen LogP contribution in [-0.2, 0) is 19.0 Å². The van der Waals surface area contributed by atoms with Crippen LogP contribution in [0.3, 0.4) is 0 Å². The number of hydrogen-bond acceptors (Lipinski definition) is 5. The van der Waals surface area contributed by atoms with E-state index in [0.29, 0.717) is 50.2 Å². The minimum atomic E-state index is -0.734. The minimum Gasteiger partial charge on any atom is -0.411 e. The molecule has 2 aliphatic heterocycles. The van der Waals surface area contributed by atoms with Crippen molar-refractivity contribution in [2.75, 3.05) is 27.3 Å². The quantitative estimate of drug-likeness (QED) is 0.804. The second-order valence-corrected chi connectivity index (χ2v) is 8.88. The van der Waals surface area contributed by atoms with Crippen LogP contribution in [0, 0.1) is 20.8 Å². The Morgan fingerprint density at radius 1 is 1.03 bits per heavy atom. The second-order valence-electron chi connectivity index (χ2n) is 8.88. The lowest BCUT2D eigenvalue weighted by atomic mass is 9.77. The van der Waals surface area contributed by atoms with Gasteiger partial charge in [0.1, 0.15) is 5.76 Å². The van der Waals surface area contributed by atoms with Gasteiger partial charge in [-0.05, 0) is 50.3 Å². The third-order valence-corrected chi connectivity index (χ3v) is 6.40. The van der Waals surface area contributed by atoms with Crippen molar-refractivity contribution in [2.45, 2.75) is 57.8 Å². The van der Waals surface area contributed by atoms with Gasteiger partial charge in [-0.3, -0.25) is 4.79 Å². The van der Waals surface area contributed by atoms with E-state index in [4.69, 9.17) is 14.2 Å². The molecule has 1 aliphatic carbocycles. The highest BCUT2D eigenvalue weighted by Gasteiger charge is 2.54. The Morgan fingerprint density at radius 2 is 1.60 bits per heavy atom. The van der Waals surface area contributed by atoms with Gasteiger partial charge in [-0.15, -0.1) is 0 Å². The number of nitrogens with one attached hydrogen (secondary N) is 1. The maximum atomic E-state index is 13.3. The molecule has 0 aromatic heterocycles. The Hall–Kier alpha value is -2.38. The average Bonchev–Trinajstić information content (AvgIpc) is 3.22. The van der Waals surface area contributed by atoms with Crippen molar-refractivity contribution in [1.29, 1.82) is 0 Å². The van der Waals surface area contributed by atoms with Crippen molar-refractivity contribution in [3.8, 4) is 0 Å². The van der Waals surface area contributed by atoms with Gasteiger partial charge in [-0.25, -0.2) is 4.79 Å². The summed E-state index contributed by atoms with van der Waals surface area (Å²) in [7, 11) is 3.27. The summed E-state index contributed by atoms with van der Waals surface area (Å²) >= 11 is 0. The third kappa shape index (κ3) is 3.40. The zero-order valence-corrected chi connectivity index (χ0v) is 18.4. The van der Waals surface area contributed by atoms with Crippen LogP contribution in [0.15, 0.2) is 17.9 Å². The number of benzene rings is 1. The number of amides is 2. The molecule has 0 radical (unpaired) electrons. The van der Waals surface area contributed by atoms with Gasteiger partial charge in [0.15, 0.2) is 5.79 Å². The Labute approximate surface area is 177 Å². The van der Waals surface area contributed by atoms with Gasteiger partial charge in [-0.2, -0.15) is 0 Å². The molecule has 2 amide bonds. The highest BCUT2D eigenvalue weighted by atomic mass is 16.7. The normalized spacial score (nSPS) is 22.0. The molecule has 2 fully saturated rings. The van der Waals surface area contributed by atoms with Gasteiger partial charge in [0.25, 0.3) is 5.91 Å². The number of nitrogens with zero attached hydrogens (tertiary/aromatic N) is 1. The van der Waals surface area contributed by atoms with Crippen molar-refractivity contribution in [2.24, 2.45) is 0 Å². The Balaban J connectivity index is 1.80. The fourth-order valence-electron chi connectivity index (χ4n) is 5.00. The topological polar surface area (TPSA) is 77.1 Å². The molecule has 0 bridgehead atoms. The lowest BCUT2D eigenvalue weighted by Gasteiger charge is -2.42. The van der Waals surface area contributed by atoms with E-state index in [1.54, 1.807) is 14.1 Å². The largest absolute Gasteiger partial charge is 0.414 e. The van der Waals surface area contributed by atoms with Crippen LogP contribution < -0.4 is 5.32 Å². The highest BCUT2D eigenvalue weighted by molar-refractivity contribution is 6.24. The summed E-state index contributed by atoms with van der Waals surface area (Å²) in [4.78, 5) is 27.2. The van der Waals surface area contributed by atoms with Crippen molar-refractivity contribution in [1.82, 2.24) is 10.2 Å². The van der Waals surface area contributed by atoms with E-state index in [1.165, 1.54) is 4.90 Å². The van der Waals surface area contributed by atoms with E-state index < -0.39 is 17.4 Å². The molecule has 1 saturated heterocycles. The summed E-state index contributed by atoms with van der Waals surface area (Å²) < 4.78 is 17.6. The van der Waals surface area contributed by atoms with Crippen LogP contribution in [0.2, 0.25) is 0 Å². The molecular weight excluding hydrogens is 384 g/mol. The first kappa shape index (κ1) is 20.9. The summed E-state index contributed by atoms with van der Waals surface area (Å²) in [6, 6.07) is 4.10. The molecule has 162 valence electrons. The van der Waals surface area contributed by atoms with Gasteiger partial charge in [-0.1, -0.05) is 17.7 Å². The van der Waals surface area contributed by atoms with E-state index in [9.17, 15) is 9.59 Å². The average molecular weight is 415 g/mol. The molecule has 1 aromatic carbocycles. The highest BCUT2D eigenvalue weighted by Crippen LogP contribution is 2.48. The number of ether oxygens (including phenoxy) is 3. The number of carbonyl (C=O) groups is 2. The maximum absolute atomic E-state index is 13.3. The Bertz CT molecular complexity index is 895. The van der Waals surface area contributed by atoms with Crippen molar-refractivity contribution in [3.63, 3.8) is 0 Å². The summed E-state index contributed by atoms with van der Waals surface area (Å²) in [6.07, 6.45) is 1.95. The maximum Gasteiger partial charge on any atom is 0.414 e. The standard InChI is InChI=1S/C23H30N2O5/c1-14-12-15(2)17(16(3)13-14)18-19(30-21(27)25(4)5)22(24-20(18)26)6-8-23(9-7-22)28-10-11-29-23/h12-13H,6-11H2,1-5H3,(H,24,26). The third-order valence-electron chi connectivity index (χ3n) is 6.40. The van der Waals surface area contributed by atoms with Gasteiger partial charge >= 0.3 is 6.09 Å². The number of hydrogen-bond donors (Lipinski definition) is 1. The molecule has 7 heteroatoms. The molecular formula is C23H30N2O5. The first-order valence-corrected chi connectivity index (χ1v) is 10.5. The van der Waals surface area contributed by atoms with Crippen molar-refractivity contribution >= 4 is 17.6 Å². The summed E-state index contributed by atoms with van der Waals surface area (Å²) in [6.45, 7) is 7.18. The summed E-state index contributed by atoms with van der Waals surface area (Å²) in [5, 5.41) is 3.17. The van der Waals surface area contributed by atoms with Crippen molar-refractivity contribution in [3.05, 3.63) is 40.1 Å². The zero-order chi connectivity index (χ0) is 21.7. The van der Waals surface area contributed by atoms with Crippen molar-refractivity contribution < 1.29 is 23.8 Å². The van der Waals surface area contributed by atoms with Gasteiger partial charge < -0.3 is 24.4 Å². The fraction of sp³-hybridized carbons (Fsp3) is 0.565. The van der Waals surface area contributed by atoms with Crippen LogP contribution in [0.25, 0.3) is 5.57 Å². The zero-order valence-electron chi connectivity index (χ0n) is 18.4. The van der Waals surface area contributed by atoms with Gasteiger partial charge in [0.2, 0.25) is 0 Å². The van der Waals surface area contributed by atoms with Crippen LogP contribution in [0.4, 0.5) is 4.79 Å². The predicted octanol–water partition coefficient (Wildman–Crippen LogP) is 3.21. The van der Waals surface area contributed by atoms with Crippen LogP contribution >= 0.6 is 0 Å². The lowest BCUT2D eigenvalue weighted by molar-refractivity contribution is -0.185. The molecule has 1 aromatic rings. The molecule has 4 rings (SSSR count). The SMILES string of the molecule is Cc1cc(C)c(C2=C(OC(=O)N(C)C)C3(CCC4(CC3)OCCO4)NC2=O)c(C)c1. The number of carbonyl (C=O) groups excluding carboxylic acids is 2. The van der Waals surface area contributed by atoms with E-state index in [0.717, 1.165) is 22.3 Å². The molecule has 2 spiro atoms. The van der Waals surface area contributed by atoms with Gasteiger partial charge in [0.05, 0.1) is 24.3 Å². The monoisotopic (exact) mass is 414 g/mol. The minimum absolute atomic E-state index is 0.198. The van der Waals surface area contributed by atoms with Crippen LogP contribution in [-0.4, -0.2) is 55.5 Å². The van der Waals surface area contributed by atoms with E-state index in [1.807, 2.05) is 20.8 Å². The first-order chi connectivity index (χ1) is 14.2. The lowest BCUT2D eigenvalue weighted by Crippen LogP contribution is -2.52. The van der Waals surface area contributed by atoms with E-state index >= 15 is 0 Å². The van der Waals surface area contributed by atoms with E-state index in [-0.39, 0.29) is 5.91 Å². The fourth-order valence-corrected chi connectivity index (χ4v) is 5.00. The predicted molar refractivity (Wildman–Crippen MR) is 112 cm³/mol.